The molecule has 4 fully saturated rings. The third kappa shape index (κ3) is 4.86. The molecule has 0 atom stereocenters. The second kappa shape index (κ2) is 9.73. The zero-order chi connectivity index (χ0) is 24.6. The summed E-state index contributed by atoms with van der Waals surface area (Å²) in [4.78, 5) is 12.6. The van der Waals surface area contributed by atoms with Crippen molar-refractivity contribution in [2.45, 2.75) is 53.2 Å². The highest BCUT2D eigenvalue weighted by Gasteiger charge is 2.51. The summed E-state index contributed by atoms with van der Waals surface area (Å²) in [5.41, 5.74) is -0.394. The van der Waals surface area contributed by atoms with Crippen molar-refractivity contribution < 1.29 is 23.1 Å². The predicted octanol–water partition coefficient (Wildman–Crippen LogP) is 6.15. The number of halogens is 3. The molecule has 182 valence electrons. The van der Waals surface area contributed by atoms with Crippen LogP contribution in [0.5, 0.6) is 0 Å². The summed E-state index contributed by atoms with van der Waals surface area (Å²) in [7, 11) is -0.963. The zero-order valence-electron chi connectivity index (χ0n) is 19.3. The van der Waals surface area contributed by atoms with Crippen molar-refractivity contribution in [2.24, 2.45) is 23.2 Å². The van der Waals surface area contributed by atoms with Gasteiger partial charge < -0.3 is 9.90 Å². The molecule has 4 bridgehead atoms. The fraction of sp³-hybridized carbons (Fsp3) is 0.345. The summed E-state index contributed by atoms with van der Waals surface area (Å²) < 4.78 is 41.7. The van der Waals surface area contributed by atoms with E-state index < -0.39 is 39.7 Å². The first-order valence-corrected chi connectivity index (χ1v) is 13.3. The summed E-state index contributed by atoms with van der Waals surface area (Å²) in [5.74, 6) is -1.27. The molecule has 0 aromatic heterocycles. The van der Waals surface area contributed by atoms with E-state index in [4.69, 9.17) is 0 Å². The molecule has 0 amide bonds. The Labute approximate surface area is 206 Å². The van der Waals surface area contributed by atoms with Crippen molar-refractivity contribution in [3.8, 4) is 0 Å². The largest absolute Gasteiger partial charge is 0.550 e. The number of carboxylic acid groups (broad SMARTS) is 1. The van der Waals surface area contributed by atoms with Crippen LogP contribution in [0.25, 0.3) is 0 Å². The van der Waals surface area contributed by atoms with Gasteiger partial charge in [0.2, 0.25) is 4.90 Å². The number of carbonyl (C=O) groups excluding carboxylic acids is 1. The molecule has 0 unspecified atom stereocenters. The van der Waals surface area contributed by atoms with Gasteiger partial charge in [-0.1, -0.05) is 36.4 Å². The van der Waals surface area contributed by atoms with E-state index in [2.05, 4.69) is 0 Å². The lowest BCUT2D eigenvalue weighted by molar-refractivity contribution is -0.327. The molecule has 0 spiro atoms. The molecule has 0 radical (unpaired) electrons. The molecule has 0 N–H and O–H groups in total. The fourth-order valence-corrected chi connectivity index (χ4v) is 8.68. The first-order chi connectivity index (χ1) is 16.8. The van der Waals surface area contributed by atoms with Crippen LogP contribution in [0.3, 0.4) is 0 Å². The molecule has 6 heteroatoms. The Morgan fingerprint density at radius 2 is 1.14 bits per heavy atom. The highest BCUT2D eigenvalue weighted by molar-refractivity contribution is 7.97. The third-order valence-corrected chi connectivity index (χ3v) is 9.88. The van der Waals surface area contributed by atoms with E-state index in [1.807, 2.05) is 60.7 Å². The quantitative estimate of drug-likeness (QED) is 0.407. The minimum Gasteiger partial charge on any atom is -0.550 e. The molecule has 4 aliphatic carbocycles. The Morgan fingerprint density at radius 3 is 1.51 bits per heavy atom. The minimum absolute atomic E-state index is 0.112. The number of rotatable bonds is 4. The van der Waals surface area contributed by atoms with Crippen LogP contribution in [-0.4, -0.2) is 5.97 Å². The van der Waals surface area contributed by atoms with Gasteiger partial charge in [-0.3, -0.25) is 0 Å². The van der Waals surface area contributed by atoms with Crippen molar-refractivity contribution >= 4 is 16.9 Å². The van der Waals surface area contributed by atoms with Crippen molar-refractivity contribution in [2.75, 3.05) is 0 Å². The number of benzene rings is 3. The molecule has 4 aliphatic rings. The molecule has 35 heavy (non-hydrogen) atoms. The Hall–Kier alpha value is -2.73. The molecule has 2 nitrogen and oxygen atoms in total. The lowest BCUT2D eigenvalue weighted by Gasteiger charge is -2.57. The molecule has 7 rings (SSSR count). The molecule has 3 aromatic carbocycles. The topological polar surface area (TPSA) is 40.1 Å². The summed E-state index contributed by atoms with van der Waals surface area (Å²) in [6, 6.07) is 19.7. The molecular formula is C29H27F3O2S. The predicted molar refractivity (Wildman–Crippen MR) is 127 cm³/mol. The molecular weight excluding hydrogens is 469 g/mol. The maximum atomic E-state index is 14.3. The van der Waals surface area contributed by atoms with Crippen LogP contribution in [0.15, 0.2) is 87.5 Å². The van der Waals surface area contributed by atoms with Crippen LogP contribution in [0.4, 0.5) is 13.2 Å². The van der Waals surface area contributed by atoms with Gasteiger partial charge in [-0.2, -0.15) is 0 Å². The van der Waals surface area contributed by atoms with E-state index in [1.165, 1.54) is 19.3 Å². The summed E-state index contributed by atoms with van der Waals surface area (Å²) >= 11 is 0. The van der Waals surface area contributed by atoms with E-state index in [1.54, 1.807) is 0 Å². The van der Waals surface area contributed by atoms with E-state index >= 15 is 0 Å². The zero-order valence-corrected chi connectivity index (χ0v) is 20.1. The summed E-state index contributed by atoms with van der Waals surface area (Å²) in [5, 5.41) is 11.1. The van der Waals surface area contributed by atoms with Gasteiger partial charge in [0.15, 0.2) is 21.4 Å². The normalized spacial score (nSPS) is 26.3. The standard InChI is InChI=1S/C18H12F3S.C11H16O2/c19-13-11-16(20)18(17(21)12-13)22(14-7-3-1-4-8-14)15-9-5-2-6-10-15;12-10(13)11-4-7-1-8(5-11)3-9(2-7)6-11/h1-12H;7-9H,1-6H2,(H,12,13)/q+1;/p-1. The van der Waals surface area contributed by atoms with Crippen LogP contribution < -0.4 is 5.11 Å². The first kappa shape index (κ1) is 24.0. The van der Waals surface area contributed by atoms with Crippen molar-refractivity contribution in [1.29, 1.82) is 0 Å². The molecule has 0 aliphatic heterocycles. The monoisotopic (exact) mass is 496 g/mol. The second-order valence-electron chi connectivity index (χ2n) is 10.1. The Kier molecular flexibility index (Phi) is 6.67. The van der Waals surface area contributed by atoms with Gasteiger partial charge in [-0.05, 0) is 80.5 Å². The Balaban J connectivity index is 0.000000164. The van der Waals surface area contributed by atoms with Crippen molar-refractivity contribution in [1.82, 2.24) is 0 Å². The van der Waals surface area contributed by atoms with Crippen molar-refractivity contribution in [3.63, 3.8) is 0 Å². The van der Waals surface area contributed by atoms with Crippen LogP contribution in [0.1, 0.15) is 38.5 Å². The van der Waals surface area contributed by atoms with Crippen molar-refractivity contribution in [3.05, 3.63) is 90.2 Å². The SMILES string of the molecule is Fc1cc(F)c([S+](c2ccccc2)c2ccccc2)c(F)c1.O=C([O-])C12CC3CC(CC(C3)C1)C2. The van der Waals surface area contributed by atoms with Gasteiger partial charge >= 0.3 is 0 Å². The van der Waals surface area contributed by atoms with E-state index in [9.17, 15) is 23.1 Å². The third-order valence-electron chi connectivity index (χ3n) is 7.60. The van der Waals surface area contributed by atoms with Gasteiger partial charge in [0, 0.05) is 23.5 Å². The second-order valence-corrected chi connectivity index (χ2v) is 12.1. The number of hydrogen-bond donors (Lipinski definition) is 0. The van der Waals surface area contributed by atoms with Gasteiger partial charge in [0.25, 0.3) is 0 Å². The van der Waals surface area contributed by atoms with E-state index in [0.717, 1.165) is 41.2 Å². The molecule has 0 saturated heterocycles. The van der Waals surface area contributed by atoms with Crippen LogP contribution >= 0.6 is 0 Å². The minimum atomic E-state index is -0.963. The van der Waals surface area contributed by atoms with Gasteiger partial charge in [0.1, 0.15) is 16.7 Å². The van der Waals surface area contributed by atoms with Gasteiger partial charge in [-0.15, -0.1) is 0 Å². The Bertz CT molecular complexity index is 1100. The number of hydrogen-bond acceptors (Lipinski definition) is 2. The number of carboxylic acids is 1. The first-order valence-electron chi connectivity index (χ1n) is 12.0. The molecule has 3 aromatic rings. The van der Waals surface area contributed by atoms with E-state index in [-0.39, 0.29) is 4.90 Å². The van der Waals surface area contributed by atoms with Crippen LogP contribution in [-0.2, 0) is 15.7 Å². The average Bonchev–Trinajstić information content (AvgIpc) is 2.82. The maximum absolute atomic E-state index is 14.3. The van der Waals surface area contributed by atoms with Gasteiger partial charge in [-0.25, -0.2) is 13.2 Å². The number of aliphatic carboxylic acids is 1. The molecule has 0 heterocycles. The lowest BCUT2D eigenvalue weighted by atomic mass is 9.49. The van der Waals surface area contributed by atoms with E-state index in [0.29, 0.717) is 17.8 Å². The van der Waals surface area contributed by atoms with Crippen LogP contribution in [0, 0.1) is 40.6 Å². The summed E-state index contributed by atoms with van der Waals surface area (Å²) in [6.07, 6.45) is 6.65. The smallest absolute Gasteiger partial charge is 0.237 e. The van der Waals surface area contributed by atoms with Crippen LogP contribution in [0.2, 0.25) is 0 Å². The maximum Gasteiger partial charge on any atom is 0.237 e. The fourth-order valence-electron chi connectivity index (χ4n) is 6.57. The Morgan fingerprint density at radius 1 is 0.743 bits per heavy atom. The molecule has 4 saturated carbocycles. The average molecular weight is 497 g/mol. The van der Waals surface area contributed by atoms with Gasteiger partial charge in [0.05, 0.1) is 0 Å². The summed E-state index contributed by atoms with van der Waals surface area (Å²) in [6.45, 7) is 0. The highest BCUT2D eigenvalue weighted by atomic mass is 32.2. The lowest BCUT2D eigenvalue weighted by Crippen LogP contribution is -2.54. The number of carbonyl (C=O) groups is 1. The highest BCUT2D eigenvalue weighted by Crippen LogP contribution is 2.59.